The largest absolute Gasteiger partial charge is 1.00 e. The summed E-state index contributed by atoms with van der Waals surface area (Å²) in [5, 5.41) is 8.52. The van der Waals surface area contributed by atoms with E-state index in [0.717, 1.165) is 0 Å². The van der Waals surface area contributed by atoms with E-state index in [1.807, 2.05) is 0 Å². The van der Waals surface area contributed by atoms with E-state index in [9.17, 15) is 0 Å². The fourth-order valence-corrected chi connectivity index (χ4v) is 0. The monoisotopic (exact) mass is 97.1 g/mol. The predicted molar refractivity (Wildman–Crippen MR) is 22.0 cm³/mol. The Balaban J connectivity index is 0. The van der Waals surface area contributed by atoms with Crippen molar-refractivity contribution in [2.24, 2.45) is 0 Å². The molecule has 0 saturated heterocycles. The number of hydrogen-bond acceptors (Lipinski definition) is 1. The summed E-state index contributed by atoms with van der Waals surface area (Å²) in [5.41, 5.74) is -0.500. The van der Waals surface area contributed by atoms with Crippen LogP contribution in [0.2, 0.25) is 0 Å². The zero-order valence-electron chi connectivity index (χ0n) is 4.95. The van der Waals surface area contributed by atoms with Gasteiger partial charge in [0.05, 0.1) is 5.60 Å². The third-order valence-corrected chi connectivity index (χ3v) is 0. The van der Waals surface area contributed by atoms with Crippen molar-refractivity contribution in [3.8, 4) is 0 Å². The summed E-state index contributed by atoms with van der Waals surface area (Å²) in [6, 6.07) is 0. The Bertz CT molecular complexity index is 23.0. The van der Waals surface area contributed by atoms with E-state index in [4.69, 9.17) is 5.11 Å². The van der Waals surface area contributed by atoms with Crippen LogP contribution in [0.3, 0.4) is 0 Å². The van der Waals surface area contributed by atoms with E-state index >= 15 is 0 Å². The number of hydrogen-bond donors (Lipinski definition) is 1. The number of aliphatic hydroxyl groups is 1. The van der Waals surface area contributed by atoms with Crippen molar-refractivity contribution in [1.29, 1.82) is 0 Å². The molecule has 0 atom stereocenters. The Morgan fingerprint density at radius 2 is 1.17 bits per heavy atom. The van der Waals surface area contributed by atoms with Crippen LogP contribution in [0.15, 0.2) is 0 Å². The Labute approximate surface area is 61.0 Å². The summed E-state index contributed by atoms with van der Waals surface area (Å²) in [4.78, 5) is 0. The molecule has 0 fully saturated rings. The third-order valence-electron chi connectivity index (χ3n) is 0. The molecule has 2 heteroatoms. The van der Waals surface area contributed by atoms with Gasteiger partial charge < -0.3 is 5.11 Å². The van der Waals surface area contributed by atoms with Gasteiger partial charge in [-0.15, -0.1) is 0 Å². The summed E-state index contributed by atoms with van der Waals surface area (Å²) in [6.45, 7) is 5.23. The molecular formula is C4H10NaO+. The van der Waals surface area contributed by atoms with Crippen molar-refractivity contribution in [1.82, 2.24) is 0 Å². The van der Waals surface area contributed by atoms with Crippen molar-refractivity contribution in [2.45, 2.75) is 26.4 Å². The van der Waals surface area contributed by atoms with Crippen LogP contribution in [-0.4, -0.2) is 10.7 Å². The zero-order valence-corrected chi connectivity index (χ0v) is 6.95. The molecule has 0 aliphatic rings. The summed E-state index contributed by atoms with van der Waals surface area (Å²) >= 11 is 0. The number of rotatable bonds is 0. The first-order valence-electron chi connectivity index (χ1n) is 1.72. The normalized spacial score (nSPS) is 10.0. The molecule has 32 valence electrons. The maximum Gasteiger partial charge on any atom is 1.00 e. The van der Waals surface area contributed by atoms with Gasteiger partial charge in [0.15, 0.2) is 0 Å². The topological polar surface area (TPSA) is 20.2 Å². The minimum absolute atomic E-state index is 0. The molecule has 0 radical (unpaired) electrons. The second-order valence-corrected chi connectivity index (χ2v) is 2.17. The Kier molecular flexibility index (Phi) is 5.07. The fourth-order valence-electron chi connectivity index (χ4n) is 0. The van der Waals surface area contributed by atoms with Gasteiger partial charge in [-0.2, -0.15) is 0 Å². The van der Waals surface area contributed by atoms with E-state index in [1.54, 1.807) is 20.8 Å². The second kappa shape index (κ2) is 3.03. The quantitative estimate of drug-likeness (QED) is 0.339. The van der Waals surface area contributed by atoms with Gasteiger partial charge in [-0.05, 0) is 20.8 Å². The molecule has 0 aromatic heterocycles. The molecular weight excluding hydrogens is 87.0 g/mol. The molecule has 0 aliphatic heterocycles. The van der Waals surface area contributed by atoms with Crippen LogP contribution >= 0.6 is 0 Å². The Morgan fingerprint density at radius 1 is 1.17 bits per heavy atom. The van der Waals surface area contributed by atoms with E-state index in [1.165, 1.54) is 0 Å². The van der Waals surface area contributed by atoms with Crippen LogP contribution in [0.1, 0.15) is 20.8 Å². The van der Waals surface area contributed by atoms with Gasteiger partial charge in [-0.1, -0.05) is 0 Å². The summed E-state index contributed by atoms with van der Waals surface area (Å²) < 4.78 is 0. The first-order chi connectivity index (χ1) is 2.00. The summed E-state index contributed by atoms with van der Waals surface area (Å²) in [6.07, 6.45) is 0. The molecule has 0 spiro atoms. The Morgan fingerprint density at radius 3 is 1.17 bits per heavy atom. The van der Waals surface area contributed by atoms with Gasteiger partial charge in [0, 0.05) is 0 Å². The molecule has 1 N–H and O–H groups in total. The third kappa shape index (κ3) is 84.4. The first kappa shape index (κ1) is 10.0. The SMILES string of the molecule is CC(C)(C)O.[Na+]. The van der Waals surface area contributed by atoms with E-state index in [-0.39, 0.29) is 29.6 Å². The summed E-state index contributed by atoms with van der Waals surface area (Å²) in [5.74, 6) is 0. The molecule has 1 nitrogen and oxygen atoms in total. The molecule has 0 saturated carbocycles. The molecule has 0 rings (SSSR count). The van der Waals surface area contributed by atoms with Gasteiger partial charge in [0.25, 0.3) is 0 Å². The molecule has 0 aromatic carbocycles. The van der Waals surface area contributed by atoms with Gasteiger partial charge in [0.1, 0.15) is 0 Å². The standard InChI is InChI=1S/C4H10O.Na/c1-4(2,3)5;/h5H,1-3H3;/q;+1. The molecule has 0 bridgehead atoms. The van der Waals surface area contributed by atoms with Crippen LogP contribution in [-0.2, 0) is 0 Å². The smallest absolute Gasteiger partial charge is 0.391 e. The van der Waals surface area contributed by atoms with Crippen molar-refractivity contribution >= 4 is 0 Å². The van der Waals surface area contributed by atoms with Crippen LogP contribution in [0.25, 0.3) is 0 Å². The minimum Gasteiger partial charge on any atom is -0.391 e. The second-order valence-electron chi connectivity index (χ2n) is 2.17. The molecule has 0 aromatic rings. The van der Waals surface area contributed by atoms with E-state index in [0.29, 0.717) is 0 Å². The minimum atomic E-state index is -0.500. The van der Waals surface area contributed by atoms with Gasteiger partial charge in [-0.3, -0.25) is 0 Å². The van der Waals surface area contributed by atoms with Gasteiger partial charge in [-0.25, -0.2) is 0 Å². The van der Waals surface area contributed by atoms with Gasteiger partial charge in [0.2, 0.25) is 0 Å². The molecule has 0 unspecified atom stereocenters. The zero-order chi connectivity index (χ0) is 4.50. The van der Waals surface area contributed by atoms with Crippen molar-refractivity contribution in [3.63, 3.8) is 0 Å². The van der Waals surface area contributed by atoms with Crippen LogP contribution in [0, 0.1) is 0 Å². The molecule has 0 amide bonds. The summed E-state index contributed by atoms with van der Waals surface area (Å²) in [7, 11) is 0. The van der Waals surface area contributed by atoms with Crippen LogP contribution < -0.4 is 29.6 Å². The van der Waals surface area contributed by atoms with E-state index < -0.39 is 5.60 Å². The van der Waals surface area contributed by atoms with Gasteiger partial charge >= 0.3 is 29.6 Å². The average molecular weight is 97.1 g/mol. The molecule has 0 heterocycles. The van der Waals surface area contributed by atoms with Crippen LogP contribution in [0.5, 0.6) is 0 Å². The fraction of sp³-hybridized carbons (Fsp3) is 1.00. The maximum absolute atomic E-state index is 8.52. The van der Waals surface area contributed by atoms with Crippen molar-refractivity contribution in [3.05, 3.63) is 0 Å². The van der Waals surface area contributed by atoms with Crippen molar-refractivity contribution < 1.29 is 34.7 Å². The average Bonchev–Trinajstić information content (AvgIpc) is 0.722. The molecule has 0 aliphatic carbocycles. The van der Waals surface area contributed by atoms with Crippen molar-refractivity contribution in [2.75, 3.05) is 0 Å². The Hall–Kier alpha value is 0.960. The predicted octanol–water partition coefficient (Wildman–Crippen LogP) is -2.22. The molecule has 6 heavy (non-hydrogen) atoms. The van der Waals surface area contributed by atoms with E-state index in [2.05, 4.69) is 0 Å². The van der Waals surface area contributed by atoms with Crippen LogP contribution in [0.4, 0.5) is 0 Å². The maximum atomic E-state index is 8.52. The first-order valence-corrected chi connectivity index (χ1v) is 1.72.